The van der Waals surface area contributed by atoms with Gasteiger partial charge >= 0.3 is 0 Å². The molecule has 5 nitrogen and oxygen atoms in total. The summed E-state index contributed by atoms with van der Waals surface area (Å²) in [6.07, 6.45) is 4.22. The van der Waals surface area contributed by atoms with E-state index in [9.17, 15) is 0 Å². The second-order valence-electron chi connectivity index (χ2n) is 23.5. The van der Waals surface area contributed by atoms with Crippen molar-refractivity contribution in [3.63, 3.8) is 0 Å². The van der Waals surface area contributed by atoms with E-state index in [0.29, 0.717) is 11.5 Å². The fourth-order valence-electron chi connectivity index (χ4n) is 11.1. The Balaban J connectivity index is 0.00000688. The van der Waals surface area contributed by atoms with E-state index in [2.05, 4.69) is 298 Å². The molecule has 0 N–H and O–H groups in total. The van der Waals surface area contributed by atoms with Gasteiger partial charge < -0.3 is 19.1 Å². The molecule has 0 saturated carbocycles. The molecule has 396 valence electrons. The van der Waals surface area contributed by atoms with Crippen molar-refractivity contribution in [2.45, 2.75) is 104 Å². The van der Waals surface area contributed by atoms with Crippen LogP contribution in [0.15, 0.2) is 200 Å². The normalized spacial score (nSPS) is 13.2. The Morgan fingerprint density at radius 1 is 0.513 bits per heavy atom. The van der Waals surface area contributed by atoms with Crippen molar-refractivity contribution in [2.75, 3.05) is 9.80 Å². The van der Waals surface area contributed by atoms with Crippen LogP contribution in [-0.4, -0.2) is 9.55 Å². The Morgan fingerprint density at radius 3 is 1.71 bits per heavy atom. The van der Waals surface area contributed by atoms with Crippen molar-refractivity contribution in [1.29, 1.82) is 0 Å². The summed E-state index contributed by atoms with van der Waals surface area (Å²) in [5.74, 6) is 2.56. The van der Waals surface area contributed by atoms with Crippen molar-refractivity contribution in [3.8, 4) is 28.4 Å². The summed E-state index contributed by atoms with van der Waals surface area (Å²) in [5.41, 5.74) is 16.5. The van der Waals surface area contributed by atoms with Crippen LogP contribution in [0.3, 0.4) is 0 Å². The first-order valence-corrected chi connectivity index (χ1v) is 27.2. The summed E-state index contributed by atoms with van der Waals surface area (Å²) in [6.45, 7) is 27.6. The van der Waals surface area contributed by atoms with Gasteiger partial charge in [0.25, 0.3) is 0 Å². The number of benzene rings is 8. The number of pyridine rings is 1. The van der Waals surface area contributed by atoms with Crippen LogP contribution >= 0.6 is 0 Å². The zero-order chi connectivity index (χ0) is 53.8. The van der Waals surface area contributed by atoms with Gasteiger partial charge in [-0.15, -0.1) is 53.6 Å². The van der Waals surface area contributed by atoms with Crippen LogP contribution in [0.4, 0.5) is 11.4 Å². The number of ether oxygens (including phenoxy) is 1. The Labute approximate surface area is 477 Å². The van der Waals surface area contributed by atoms with E-state index in [1.807, 2.05) is 12.3 Å². The first kappa shape index (κ1) is 53.9. The SMILES string of the molecule is CC(C)c1cccc(C(C)C)c1C1=CN(c2[c-]c(Oc3[c-]c4c(cc3)c3ccccc3n4-c3cc(C(C)(C)C)ccn3)cc(-c3ccccc3)c2)[CH-]N1c1cc(C(C)(C)c2ccccc2)cc(C(C)(C)c2ccccc2)c1.[Pt]. The molecule has 0 amide bonds. The summed E-state index contributed by atoms with van der Waals surface area (Å²) >= 11 is 0. The van der Waals surface area contributed by atoms with Crippen molar-refractivity contribution >= 4 is 38.9 Å². The molecule has 78 heavy (non-hydrogen) atoms. The van der Waals surface area contributed by atoms with Crippen LogP contribution in [0.5, 0.6) is 11.5 Å². The Kier molecular flexibility index (Phi) is 14.8. The number of fused-ring (bicyclic) bond motifs is 3. The molecule has 6 heteroatoms. The summed E-state index contributed by atoms with van der Waals surface area (Å²) in [6, 6.07) is 75.3. The van der Waals surface area contributed by atoms with Crippen LogP contribution < -0.4 is 14.5 Å². The molecule has 0 unspecified atom stereocenters. The molecule has 0 spiro atoms. The Bertz CT molecular complexity index is 3710. The molecule has 0 fully saturated rings. The third kappa shape index (κ3) is 10.3. The summed E-state index contributed by atoms with van der Waals surface area (Å²) < 4.78 is 9.22. The minimum Gasteiger partial charge on any atom is -0.509 e. The molecule has 0 atom stereocenters. The average Bonchev–Trinajstić information content (AvgIpc) is 4.10. The fourth-order valence-corrected chi connectivity index (χ4v) is 11.1. The van der Waals surface area contributed by atoms with Gasteiger partial charge in [0, 0.05) is 72.1 Å². The largest absolute Gasteiger partial charge is 0.509 e. The van der Waals surface area contributed by atoms with Crippen molar-refractivity contribution in [3.05, 3.63) is 264 Å². The van der Waals surface area contributed by atoms with E-state index in [4.69, 9.17) is 9.72 Å². The zero-order valence-electron chi connectivity index (χ0n) is 46.8. The molecule has 1 aliphatic heterocycles. The predicted octanol–water partition coefficient (Wildman–Crippen LogP) is 18.9. The summed E-state index contributed by atoms with van der Waals surface area (Å²) in [5, 5.41) is 2.21. The first-order valence-electron chi connectivity index (χ1n) is 27.2. The number of aromatic nitrogens is 2. The minimum atomic E-state index is -0.313. The van der Waals surface area contributed by atoms with Gasteiger partial charge in [-0.2, -0.15) is 6.07 Å². The number of anilines is 2. The molecule has 1 aliphatic rings. The average molecular weight is 1200 g/mol. The van der Waals surface area contributed by atoms with E-state index in [0.717, 1.165) is 55.8 Å². The molecule has 0 saturated heterocycles. The van der Waals surface area contributed by atoms with Crippen LogP contribution in [0, 0.1) is 18.8 Å². The van der Waals surface area contributed by atoms with Crippen LogP contribution in [0.25, 0.3) is 44.4 Å². The van der Waals surface area contributed by atoms with Crippen molar-refractivity contribution in [2.24, 2.45) is 0 Å². The summed E-state index contributed by atoms with van der Waals surface area (Å²) in [7, 11) is 0. The molecule has 0 radical (unpaired) electrons. The maximum Gasteiger partial charge on any atom is 0.135 e. The minimum absolute atomic E-state index is 0. The van der Waals surface area contributed by atoms with Gasteiger partial charge in [-0.05, 0) is 104 Å². The predicted molar refractivity (Wildman–Crippen MR) is 322 cm³/mol. The first-order chi connectivity index (χ1) is 36.9. The third-order valence-electron chi connectivity index (χ3n) is 15.9. The van der Waals surface area contributed by atoms with Crippen molar-refractivity contribution < 1.29 is 25.8 Å². The van der Waals surface area contributed by atoms with E-state index in [-0.39, 0.29) is 49.1 Å². The standard InChI is InChI=1S/C72H69N4O.Pt/c1-48(2)61-31-23-32-62(49(3)4)69(61)67-46-74(47-75(67)58-41-55(71(8,9)52-26-17-13-18-27-52)40-56(42-58)72(10,11)53-28-19-14-20-29-53)57-38-51(50-24-15-12-16-25-50)39-60(44-57)77-59-34-35-64-63-30-21-22-33-65(63)76(66(64)45-59)68-43-54(36-37-73-68)70(5,6)7;/h12-43,46-49H,1-11H3;/q-3;. The molecule has 11 rings (SSSR count). The molecule has 8 aromatic carbocycles. The quantitative estimate of drug-likeness (QED) is 0.108. The van der Waals surface area contributed by atoms with Crippen molar-refractivity contribution in [1.82, 2.24) is 9.55 Å². The van der Waals surface area contributed by atoms with Gasteiger partial charge in [-0.3, -0.25) is 0 Å². The monoisotopic (exact) mass is 1200 g/mol. The second-order valence-corrected chi connectivity index (χ2v) is 23.5. The molecular formula is C72H69N4OPt-3. The van der Waals surface area contributed by atoms with E-state index >= 15 is 0 Å². The van der Waals surface area contributed by atoms with Gasteiger partial charge in [-0.25, -0.2) is 4.98 Å². The van der Waals surface area contributed by atoms with E-state index in [1.165, 1.54) is 44.5 Å². The third-order valence-corrected chi connectivity index (χ3v) is 15.9. The fraction of sp³-hybridized carbons (Fsp3) is 0.222. The maximum absolute atomic E-state index is 7.01. The van der Waals surface area contributed by atoms with E-state index < -0.39 is 0 Å². The molecule has 0 aliphatic carbocycles. The number of hydrogen-bond acceptors (Lipinski definition) is 4. The molecule has 0 bridgehead atoms. The Morgan fingerprint density at radius 2 is 1.10 bits per heavy atom. The van der Waals surface area contributed by atoms with Crippen LogP contribution in [0.1, 0.15) is 133 Å². The van der Waals surface area contributed by atoms with Gasteiger partial charge in [0.15, 0.2) is 0 Å². The van der Waals surface area contributed by atoms with Gasteiger partial charge in [-0.1, -0.05) is 215 Å². The van der Waals surface area contributed by atoms with Gasteiger partial charge in [0.1, 0.15) is 5.82 Å². The molecule has 10 aromatic rings. The van der Waals surface area contributed by atoms with Crippen LogP contribution in [0.2, 0.25) is 0 Å². The number of hydrogen-bond donors (Lipinski definition) is 0. The maximum atomic E-state index is 7.01. The molecular weight excluding hydrogens is 1130 g/mol. The number of nitrogens with zero attached hydrogens (tertiary/aromatic N) is 4. The smallest absolute Gasteiger partial charge is 0.135 e. The van der Waals surface area contributed by atoms with Gasteiger partial charge in [0.05, 0.1) is 0 Å². The van der Waals surface area contributed by atoms with Crippen LogP contribution in [-0.2, 0) is 37.3 Å². The zero-order valence-corrected chi connectivity index (χ0v) is 49.1. The van der Waals surface area contributed by atoms with Gasteiger partial charge in [0.2, 0.25) is 0 Å². The topological polar surface area (TPSA) is 33.5 Å². The molecule has 2 aromatic heterocycles. The Hall–Kier alpha value is -7.46. The second kappa shape index (κ2) is 21.4. The number of para-hydroxylation sites is 1. The molecule has 3 heterocycles. The van der Waals surface area contributed by atoms with E-state index in [1.54, 1.807) is 0 Å². The summed E-state index contributed by atoms with van der Waals surface area (Å²) in [4.78, 5) is 9.60. The number of rotatable bonds is 13.